The number of fused-ring (bicyclic) bond motifs is 1. The number of rotatable bonds is 9. The van der Waals surface area contributed by atoms with Gasteiger partial charge in [-0.25, -0.2) is 13.4 Å². The molecule has 3 N–H and O–H groups in total. The van der Waals surface area contributed by atoms with Crippen LogP contribution in [0.2, 0.25) is 0 Å². The lowest BCUT2D eigenvalue weighted by molar-refractivity contribution is 0.125. The van der Waals surface area contributed by atoms with Crippen LogP contribution >= 0.6 is 0 Å². The van der Waals surface area contributed by atoms with Crippen LogP contribution in [0.4, 0.5) is 0 Å². The van der Waals surface area contributed by atoms with E-state index in [1.165, 1.54) is 36.7 Å². The molecule has 2 unspecified atom stereocenters. The summed E-state index contributed by atoms with van der Waals surface area (Å²) in [6, 6.07) is 4.28. The van der Waals surface area contributed by atoms with E-state index in [0.717, 1.165) is 4.31 Å². The van der Waals surface area contributed by atoms with Gasteiger partial charge in [0.2, 0.25) is 10.0 Å². The fourth-order valence-corrected chi connectivity index (χ4v) is 5.59. The third kappa shape index (κ3) is 5.61. The highest BCUT2D eigenvalue weighted by Crippen LogP contribution is 2.33. The van der Waals surface area contributed by atoms with E-state index >= 15 is 0 Å². The molecule has 0 aliphatic heterocycles. The minimum atomic E-state index is -4.11. The molecule has 2 aromatic heterocycles. The quantitative estimate of drug-likeness (QED) is 0.385. The fraction of sp³-hybridized carbons (Fsp3) is 0.542. The molecule has 3 aromatic rings. The van der Waals surface area contributed by atoms with Crippen molar-refractivity contribution in [2.24, 2.45) is 7.05 Å². The molecule has 0 saturated heterocycles. The highest BCUT2D eigenvalue weighted by Gasteiger charge is 2.29. The second kappa shape index (κ2) is 10.3. The number of aliphatic hydroxyl groups is 2. The molecule has 0 saturated carbocycles. The summed E-state index contributed by atoms with van der Waals surface area (Å²) in [5, 5.41) is 24.2. The Morgan fingerprint density at radius 1 is 1.17 bits per heavy atom. The molecule has 0 fully saturated rings. The third-order valence-electron chi connectivity index (χ3n) is 5.48. The van der Waals surface area contributed by atoms with Gasteiger partial charge in [0.05, 0.1) is 35.0 Å². The van der Waals surface area contributed by atoms with Gasteiger partial charge in [-0.05, 0) is 39.0 Å². The van der Waals surface area contributed by atoms with Crippen molar-refractivity contribution in [2.75, 3.05) is 19.7 Å². The van der Waals surface area contributed by atoms with Crippen LogP contribution in [0.15, 0.2) is 27.9 Å². The molecular formula is C24H35N5O6S. The minimum Gasteiger partial charge on any atom is -0.493 e. The number of benzene rings is 1. The van der Waals surface area contributed by atoms with E-state index in [2.05, 4.69) is 10.1 Å². The molecule has 11 nitrogen and oxygen atoms in total. The number of sulfonamides is 1. The van der Waals surface area contributed by atoms with Crippen molar-refractivity contribution in [3.63, 3.8) is 0 Å². The first kappa shape index (κ1) is 27.8. The van der Waals surface area contributed by atoms with Crippen LogP contribution < -0.4 is 10.3 Å². The van der Waals surface area contributed by atoms with Gasteiger partial charge < -0.3 is 19.9 Å². The molecule has 2 heterocycles. The number of H-pyrrole nitrogens is 1. The number of aryl methyl sites for hydroxylation is 1. The van der Waals surface area contributed by atoms with E-state index < -0.39 is 33.2 Å². The van der Waals surface area contributed by atoms with E-state index in [4.69, 9.17) is 9.72 Å². The van der Waals surface area contributed by atoms with Gasteiger partial charge in [-0.1, -0.05) is 20.8 Å². The number of aromatic amines is 1. The Morgan fingerprint density at radius 2 is 1.78 bits per heavy atom. The van der Waals surface area contributed by atoms with Crippen LogP contribution in [-0.2, 0) is 22.5 Å². The topological polar surface area (TPSA) is 151 Å². The molecule has 0 radical (unpaired) electrons. The lowest BCUT2D eigenvalue weighted by atomic mass is 9.91. The Labute approximate surface area is 210 Å². The summed E-state index contributed by atoms with van der Waals surface area (Å²) in [5.41, 5.74) is 0.841. The third-order valence-corrected chi connectivity index (χ3v) is 7.31. The molecule has 0 spiro atoms. The van der Waals surface area contributed by atoms with Gasteiger partial charge in [-0.2, -0.15) is 9.40 Å². The number of ether oxygens (including phenoxy) is 1. The van der Waals surface area contributed by atoms with Crippen molar-refractivity contribution in [3.8, 4) is 17.1 Å². The van der Waals surface area contributed by atoms with Crippen molar-refractivity contribution in [2.45, 2.75) is 64.1 Å². The van der Waals surface area contributed by atoms with Gasteiger partial charge >= 0.3 is 0 Å². The molecule has 0 aliphatic carbocycles. The first-order valence-corrected chi connectivity index (χ1v) is 13.2. The van der Waals surface area contributed by atoms with E-state index in [9.17, 15) is 23.4 Å². The molecule has 12 heteroatoms. The largest absolute Gasteiger partial charge is 0.493 e. The smallest absolute Gasteiger partial charge is 0.277 e. The number of hydrogen-bond acceptors (Lipinski definition) is 8. The van der Waals surface area contributed by atoms with Crippen LogP contribution in [0.1, 0.15) is 47.2 Å². The molecule has 0 aliphatic rings. The van der Waals surface area contributed by atoms with Gasteiger partial charge in [0.1, 0.15) is 17.1 Å². The molecule has 1 aromatic carbocycles. The van der Waals surface area contributed by atoms with Crippen LogP contribution in [0, 0.1) is 0 Å². The van der Waals surface area contributed by atoms with E-state index in [0.29, 0.717) is 29.1 Å². The minimum absolute atomic E-state index is 0.0905. The Balaban J connectivity index is 2.26. The Bertz CT molecular complexity index is 1390. The molecule has 0 amide bonds. The predicted molar refractivity (Wildman–Crippen MR) is 137 cm³/mol. The molecule has 36 heavy (non-hydrogen) atoms. The highest BCUT2D eigenvalue weighted by molar-refractivity contribution is 7.89. The Hall–Kier alpha value is -2.80. The first-order chi connectivity index (χ1) is 16.7. The van der Waals surface area contributed by atoms with Gasteiger partial charge in [0.15, 0.2) is 5.52 Å². The van der Waals surface area contributed by atoms with Gasteiger partial charge in [0.25, 0.3) is 5.56 Å². The van der Waals surface area contributed by atoms with Crippen LogP contribution in [0.3, 0.4) is 0 Å². The Kier molecular flexibility index (Phi) is 7.94. The van der Waals surface area contributed by atoms with E-state index in [1.54, 1.807) is 14.0 Å². The van der Waals surface area contributed by atoms with Crippen molar-refractivity contribution in [1.29, 1.82) is 0 Å². The van der Waals surface area contributed by atoms with Crippen LogP contribution in [0.5, 0.6) is 5.75 Å². The van der Waals surface area contributed by atoms with Crippen molar-refractivity contribution in [3.05, 3.63) is 34.2 Å². The summed E-state index contributed by atoms with van der Waals surface area (Å²) in [7, 11) is -2.44. The number of hydrogen-bond donors (Lipinski definition) is 3. The Morgan fingerprint density at radius 3 is 2.31 bits per heavy atom. The molecule has 198 valence electrons. The number of aromatic nitrogens is 4. The van der Waals surface area contributed by atoms with Gasteiger partial charge in [0, 0.05) is 25.6 Å². The number of nitrogens with one attached hydrogen (secondary N) is 1. The molecule has 0 bridgehead atoms. The second-order valence-electron chi connectivity index (χ2n) is 9.95. The molecular weight excluding hydrogens is 486 g/mol. The zero-order valence-corrected chi connectivity index (χ0v) is 22.5. The number of aliphatic hydroxyl groups excluding tert-OH is 2. The van der Waals surface area contributed by atoms with Gasteiger partial charge in [-0.3, -0.25) is 9.48 Å². The van der Waals surface area contributed by atoms with Gasteiger partial charge in [-0.15, -0.1) is 0 Å². The average molecular weight is 522 g/mol. The highest BCUT2D eigenvalue weighted by atomic mass is 32.2. The summed E-state index contributed by atoms with van der Waals surface area (Å²) < 4.78 is 35.2. The molecule has 2 atom stereocenters. The zero-order valence-electron chi connectivity index (χ0n) is 21.7. The number of nitrogens with zero attached hydrogens (tertiary/aromatic N) is 4. The average Bonchev–Trinajstić information content (AvgIpc) is 3.10. The second-order valence-corrected chi connectivity index (χ2v) is 11.9. The summed E-state index contributed by atoms with van der Waals surface area (Å²) in [5.74, 6) is 0.488. The summed E-state index contributed by atoms with van der Waals surface area (Å²) in [6.07, 6.45) is -1.88. The van der Waals surface area contributed by atoms with Crippen molar-refractivity contribution >= 4 is 21.1 Å². The summed E-state index contributed by atoms with van der Waals surface area (Å²) >= 11 is 0. The van der Waals surface area contributed by atoms with E-state index in [-0.39, 0.29) is 29.4 Å². The summed E-state index contributed by atoms with van der Waals surface area (Å²) in [4.78, 5) is 20.4. The van der Waals surface area contributed by atoms with Crippen molar-refractivity contribution < 1.29 is 23.4 Å². The summed E-state index contributed by atoms with van der Waals surface area (Å²) in [6.45, 7) is 10.6. The lowest BCUT2D eigenvalue weighted by Gasteiger charge is -2.25. The maximum atomic E-state index is 13.5. The SMILES string of the molecule is CCOc1ccc(S(=O)(=O)N(CC(C)O)CC(C)O)cc1-c1nc2c(C(C)(C)C)nn(C)c2c(=O)[nH]1. The maximum absolute atomic E-state index is 13.5. The molecule has 3 rings (SSSR count). The lowest BCUT2D eigenvalue weighted by Crippen LogP contribution is -2.40. The van der Waals surface area contributed by atoms with Crippen molar-refractivity contribution in [1.82, 2.24) is 24.1 Å². The fourth-order valence-electron chi connectivity index (χ4n) is 3.96. The predicted octanol–water partition coefficient (Wildman–Crippen LogP) is 1.77. The normalized spacial score (nSPS) is 14.4. The maximum Gasteiger partial charge on any atom is 0.277 e. The van der Waals surface area contributed by atoms with Crippen LogP contribution in [-0.4, -0.2) is 74.6 Å². The first-order valence-electron chi connectivity index (χ1n) is 11.8. The zero-order chi connectivity index (χ0) is 27.0. The van der Waals surface area contributed by atoms with Crippen LogP contribution in [0.25, 0.3) is 22.4 Å². The van der Waals surface area contributed by atoms with E-state index in [1.807, 2.05) is 20.8 Å². The standard InChI is InChI=1S/C24H35N5O6S/c1-8-35-18-10-9-16(36(33,34)29(12-14(2)30)13-15(3)31)11-17(18)22-25-19-20(23(32)26-22)28(7)27-21(19)24(4,5)6/h9-11,14-15,30-31H,8,12-13H2,1-7H3,(H,25,26,32). The monoisotopic (exact) mass is 521 g/mol.